The van der Waals surface area contributed by atoms with Gasteiger partial charge in [-0.2, -0.15) is 0 Å². The molecule has 2 aliphatic rings. The number of guanidine groups is 1. The van der Waals surface area contributed by atoms with E-state index in [1.807, 2.05) is 6.92 Å². The molecule has 0 spiro atoms. The number of hydrogen-bond donors (Lipinski definition) is 2. The van der Waals surface area contributed by atoms with Crippen LogP contribution >= 0.6 is 24.0 Å². The third kappa shape index (κ3) is 8.05. The lowest BCUT2D eigenvalue weighted by atomic mass is 10.1. The average Bonchev–Trinajstić information content (AvgIpc) is 2.85. The van der Waals surface area contributed by atoms with E-state index in [0.29, 0.717) is 18.9 Å². The van der Waals surface area contributed by atoms with E-state index >= 15 is 0 Å². The maximum atomic E-state index is 11.7. The fourth-order valence-electron chi connectivity index (χ4n) is 3.99. The predicted molar refractivity (Wildman–Crippen MR) is 131 cm³/mol. The van der Waals surface area contributed by atoms with Gasteiger partial charge >= 0.3 is 0 Å². The first-order valence-electron chi connectivity index (χ1n) is 10.6. The van der Waals surface area contributed by atoms with Crippen LogP contribution in [0.5, 0.6) is 0 Å². The van der Waals surface area contributed by atoms with Gasteiger partial charge in [-0.3, -0.25) is 4.90 Å². The topological polar surface area (TPSA) is 73.8 Å². The van der Waals surface area contributed by atoms with Crippen LogP contribution in [-0.4, -0.2) is 56.5 Å². The van der Waals surface area contributed by atoms with Gasteiger partial charge in [0.25, 0.3) is 0 Å². The van der Waals surface area contributed by atoms with Crippen LogP contribution in [0.1, 0.15) is 50.2 Å². The number of benzene rings is 1. The number of halogens is 1. The Morgan fingerprint density at radius 3 is 2.45 bits per heavy atom. The highest BCUT2D eigenvalue weighted by Crippen LogP contribution is 2.17. The molecule has 3 rings (SSSR count). The summed E-state index contributed by atoms with van der Waals surface area (Å²) in [5.74, 6) is 1.17. The van der Waals surface area contributed by atoms with Crippen molar-refractivity contribution in [2.45, 2.75) is 58.2 Å². The zero-order chi connectivity index (χ0) is 19.8. The summed E-state index contributed by atoms with van der Waals surface area (Å²) in [7, 11) is -2.90. The molecule has 2 saturated heterocycles. The van der Waals surface area contributed by atoms with Crippen molar-refractivity contribution in [2.24, 2.45) is 4.99 Å². The summed E-state index contributed by atoms with van der Waals surface area (Å²) < 4.78 is 23.4. The Bertz CT molecular complexity index is 762. The Balaban J connectivity index is 0.00000300. The number of aliphatic imine (C=N–C) groups is 1. The Labute approximate surface area is 192 Å². The molecule has 29 heavy (non-hydrogen) atoms. The maximum Gasteiger partial charge on any atom is 0.191 e. The summed E-state index contributed by atoms with van der Waals surface area (Å²) in [6, 6.07) is 8.49. The van der Waals surface area contributed by atoms with Crippen LogP contribution in [0.3, 0.4) is 0 Å². The van der Waals surface area contributed by atoms with E-state index in [1.165, 1.54) is 49.9 Å². The molecular weight excluding hydrogens is 499 g/mol. The molecule has 1 unspecified atom stereocenters. The Kier molecular flexibility index (Phi) is 10.2. The van der Waals surface area contributed by atoms with Crippen LogP contribution in [0.2, 0.25) is 0 Å². The van der Waals surface area contributed by atoms with E-state index in [0.717, 1.165) is 13.1 Å². The van der Waals surface area contributed by atoms with E-state index in [1.54, 1.807) is 0 Å². The number of likely N-dealkylation sites (tertiary alicyclic amines) is 1. The second-order valence-corrected chi connectivity index (χ2v) is 10.1. The van der Waals surface area contributed by atoms with Crippen LogP contribution in [0, 0.1) is 0 Å². The van der Waals surface area contributed by atoms with Gasteiger partial charge in [0.05, 0.1) is 18.1 Å². The minimum absolute atomic E-state index is 0. The van der Waals surface area contributed by atoms with Gasteiger partial charge in [0, 0.05) is 19.1 Å². The second-order valence-electron chi connectivity index (χ2n) is 7.90. The lowest BCUT2D eigenvalue weighted by molar-refractivity contribution is 0.276. The first-order chi connectivity index (χ1) is 13.6. The monoisotopic (exact) mass is 534 g/mol. The van der Waals surface area contributed by atoms with Gasteiger partial charge in [-0.1, -0.05) is 37.1 Å². The van der Waals surface area contributed by atoms with Crippen LogP contribution in [0.25, 0.3) is 0 Å². The number of sulfone groups is 1. The van der Waals surface area contributed by atoms with Crippen molar-refractivity contribution in [3.05, 3.63) is 35.4 Å². The smallest absolute Gasteiger partial charge is 0.191 e. The molecule has 2 N–H and O–H groups in total. The van der Waals surface area contributed by atoms with Crippen LogP contribution in [-0.2, 0) is 22.9 Å². The van der Waals surface area contributed by atoms with Gasteiger partial charge in [-0.25, -0.2) is 13.4 Å². The van der Waals surface area contributed by atoms with Crippen molar-refractivity contribution < 1.29 is 8.42 Å². The average molecular weight is 535 g/mol. The number of rotatable bonds is 6. The summed E-state index contributed by atoms with van der Waals surface area (Å²) in [4.78, 5) is 7.31. The van der Waals surface area contributed by atoms with Crippen LogP contribution in [0.15, 0.2) is 29.3 Å². The summed E-state index contributed by atoms with van der Waals surface area (Å²) >= 11 is 0. The molecule has 1 atom stereocenters. The summed E-state index contributed by atoms with van der Waals surface area (Å²) in [5, 5.41) is 6.55. The largest absolute Gasteiger partial charge is 0.357 e. The minimum atomic E-state index is -2.90. The molecule has 2 heterocycles. The van der Waals surface area contributed by atoms with Gasteiger partial charge in [0.2, 0.25) is 0 Å². The van der Waals surface area contributed by atoms with E-state index in [2.05, 4.69) is 39.8 Å². The lowest BCUT2D eigenvalue weighted by Gasteiger charge is -2.21. The highest BCUT2D eigenvalue weighted by atomic mass is 127. The van der Waals surface area contributed by atoms with Crippen molar-refractivity contribution in [2.75, 3.05) is 31.1 Å². The van der Waals surface area contributed by atoms with E-state index in [-0.39, 0.29) is 41.5 Å². The molecule has 0 radical (unpaired) electrons. The molecule has 6 nitrogen and oxygen atoms in total. The SMILES string of the molecule is CCNC(=NCc1ccccc1CN1CCCCCC1)NC1CCS(=O)(=O)C1.I. The van der Waals surface area contributed by atoms with Crippen molar-refractivity contribution in [3.63, 3.8) is 0 Å². The fraction of sp³-hybridized carbons (Fsp3) is 0.667. The molecule has 0 saturated carbocycles. The summed E-state index contributed by atoms with van der Waals surface area (Å²) in [6.45, 7) is 6.71. The van der Waals surface area contributed by atoms with Gasteiger partial charge in [0.15, 0.2) is 15.8 Å². The van der Waals surface area contributed by atoms with Gasteiger partial charge in [-0.05, 0) is 50.4 Å². The van der Waals surface area contributed by atoms with E-state index < -0.39 is 9.84 Å². The van der Waals surface area contributed by atoms with Crippen LogP contribution in [0.4, 0.5) is 0 Å². The highest BCUT2D eigenvalue weighted by molar-refractivity contribution is 14.0. The van der Waals surface area contributed by atoms with Gasteiger partial charge < -0.3 is 10.6 Å². The zero-order valence-corrected chi connectivity index (χ0v) is 20.5. The second kappa shape index (κ2) is 12.1. The molecule has 0 amide bonds. The molecule has 2 fully saturated rings. The number of hydrogen-bond acceptors (Lipinski definition) is 4. The van der Waals surface area contributed by atoms with E-state index in [9.17, 15) is 8.42 Å². The van der Waals surface area contributed by atoms with Crippen molar-refractivity contribution in [1.29, 1.82) is 0 Å². The predicted octanol–water partition coefficient (Wildman–Crippen LogP) is 2.92. The van der Waals surface area contributed by atoms with Gasteiger partial charge in [-0.15, -0.1) is 24.0 Å². The number of nitrogens with one attached hydrogen (secondary N) is 2. The molecule has 1 aromatic rings. The molecular formula is C21H35IN4O2S. The lowest BCUT2D eigenvalue weighted by Crippen LogP contribution is -2.44. The molecule has 8 heteroatoms. The maximum absolute atomic E-state index is 11.7. The minimum Gasteiger partial charge on any atom is -0.357 e. The quantitative estimate of drug-likeness (QED) is 0.334. The molecule has 0 aliphatic carbocycles. The Hall–Kier alpha value is -0.870. The standard InChI is InChI=1S/C21H34N4O2S.HI/c1-2-22-21(24-20-11-14-28(26,27)17-20)23-15-18-9-5-6-10-19(18)16-25-12-7-3-4-8-13-25;/h5-6,9-10,20H,2-4,7-8,11-17H2,1H3,(H2,22,23,24);1H. The molecule has 1 aromatic carbocycles. The van der Waals surface area contributed by atoms with Crippen molar-refractivity contribution in [3.8, 4) is 0 Å². The summed E-state index contributed by atoms with van der Waals surface area (Å²) in [6.07, 6.45) is 5.92. The molecule has 0 bridgehead atoms. The number of nitrogens with zero attached hydrogens (tertiary/aromatic N) is 2. The molecule has 164 valence electrons. The van der Waals surface area contributed by atoms with Crippen LogP contribution < -0.4 is 10.6 Å². The molecule has 2 aliphatic heterocycles. The summed E-state index contributed by atoms with van der Waals surface area (Å²) in [5.41, 5.74) is 2.58. The Morgan fingerprint density at radius 2 is 1.83 bits per heavy atom. The first-order valence-corrected chi connectivity index (χ1v) is 12.4. The highest BCUT2D eigenvalue weighted by Gasteiger charge is 2.28. The fourth-order valence-corrected chi connectivity index (χ4v) is 5.66. The molecule has 0 aromatic heterocycles. The zero-order valence-electron chi connectivity index (χ0n) is 17.4. The van der Waals surface area contributed by atoms with Gasteiger partial charge in [0.1, 0.15) is 0 Å². The van der Waals surface area contributed by atoms with E-state index in [4.69, 9.17) is 4.99 Å². The van der Waals surface area contributed by atoms with Crippen molar-refractivity contribution >= 4 is 39.8 Å². The third-order valence-electron chi connectivity index (χ3n) is 5.54. The Morgan fingerprint density at radius 1 is 1.14 bits per heavy atom. The van der Waals surface area contributed by atoms with Crippen molar-refractivity contribution in [1.82, 2.24) is 15.5 Å². The third-order valence-corrected chi connectivity index (χ3v) is 7.30. The normalized spacial score (nSPS) is 22.5. The first kappa shape index (κ1) is 24.4.